The molecule has 2 saturated heterocycles. The number of rotatable bonds is 0. The number of nitrogens with zero attached hydrogens (tertiary/aromatic N) is 3. The van der Waals surface area contributed by atoms with E-state index >= 15 is 0 Å². The lowest BCUT2D eigenvalue weighted by Gasteiger charge is -2.19. The van der Waals surface area contributed by atoms with Gasteiger partial charge in [0.15, 0.2) is 0 Å². The highest BCUT2D eigenvalue weighted by Gasteiger charge is 2.17. The van der Waals surface area contributed by atoms with Crippen molar-refractivity contribution in [3.05, 3.63) is 36.2 Å². The maximum absolute atomic E-state index is 4.25. The van der Waals surface area contributed by atoms with Crippen molar-refractivity contribution >= 4 is 5.84 Å². The summed E-state index contributed by atoms with van der Waals surface area (Å²) in [7, 11) is 0. The average molecular weight is 243 g/mol. The van der Waals surface area contributed by atoms with E-state index in [0.717, 1.165) is 13.1 Å². The van der Waals surface area contributed by atoms with Crippen LogP contribution in [0.4, 0.5) is 0 Å². The van der Waals surface area contributed by atoms with E-state index in [-0.39, 0.29) is 0 Å². The molecule has 0 aromatic rings. The molecule has 3 nitrogen and oxygen atoms in total. The zero-order valence-electron chi connectivity index (χ0n) is 10.9. The van der Waals surface area contributed by atoms with Gasteiger partial charge in [0, 0.05) is 44.5 Å². The summed E-state index contributed by atoms with van der Waals surface area (Å²) < 4.78 is 0. The van der Waals surface area contributed by atoms with Crippen molar-refractivity contribution in [3.63, 3.8) is 0 Å². The molecular formula is C15H21N3. The van der Waals surface area contributed by atoms with Crippen LogP contribution < -0.4 is 0 Å². The first-order chi connectivity index (χ1) is 8.93. The van der Waals surface area contributed by atoms with Gasteiger partial charge >= 0.3 is 0 Å². The van der Waals surface area contributed by atoms with E-state index in [1.165, 1.54) is 50.3 Å². The highest BCUT2D eigenvalue weighted by molar-refractivity contribution is 5.85. The summed E-state index contributed by atoms with van der Waals surface area (Å²) in [6.07, 6.45) is 15.8. The van der Waals surface area contributed by atoms with E-state index in [4.69, 9.17) is 0 Å². The highest BCUT2D eigenvalue weighted by atomic mass is 15.2. The third kappa shape index (κ3) is 2.50. The molecule has 0 aromatic carbocycles. The first-order valence-corrected chi connectivity index (χ1v) is 7.01. The standard InChI is InChI=1S/C8H11N.C7H10N2/c1-2-6-9-7-3-5-8(9)4-1;1-3-7-8-4-2-6-9(7)5-1/h1-2,4H,3,5-7H2;2,4H,1,3,5-6H2. The molecule has 0 N–H and O–H groups in total. The van der Waals surface area contributed by atoms with Gasteiger partial charge in [-0.05, 0) is 31.4 Å². The third-order valence-corrected chi connectivity index (χ3v) is 3.87. The topological polar surface area (TPSA) is 18.8 Å². The molecule has 3 heteroatoms. The Labute approximate surface area is 109 Å². The molecule has 2 fully saturated rings. The van der Waals surface area contributed by atoms with Gasteiger partial charge in [0.25, 0.3) is 0 Å². The molecule has 4 aliphatic heterocycles. The molecular weight excluding hydrogens is 222 g/mol. The molecule has 0 atom stereocenters. The molecule has 0 amide bonds. The number of allylic oxidation sites excluding steroid dienone is 3. The predicted molar refractivity (Wildman–Crippen MR) is 75.4 cm³/mol. The average Bonchev–Trinajstić information content (AvgIpc) is 3.08. The molecule has 0 aliphatic carbocycles. The van der Waals surface area contributed by atoms with Crippen molar-refractivity contribution in [2.75, 3.05) is 26.2 Å². The van der Waals surface area contributed by atoms with Crippen molar-refractivity contribution < 1.29 is 0 Å². The molecule has 0 saturated carbocycles. The normalized spacial score (nSPS) is 24.0. The van der Waals surface area contributed by atoms with Crippen molar-refractivity contribution in [2.24, 2.45) is 4.99 Å². The van der Waals surface area contributed by atoms with Crippen molar-refractivity contribution in [2.45, 2.75) is 25.7 Å². The van der Waals surface area contributed by atoms with Crippen LogP contribution in [-0.4, -0.2) is 41.8 Å². The fourth-order valence-electron chi connectivity index (χ4n) is 2.89. The lowest BCUT2D eigenvalue weighted by Crippen LogP contribution is -2.26. The summed E-state index contributed by atoms with van der Waals surface area (Å²) in [4.78, 5) is 9.03. The molecule has 4 aliphatic rings. The van der Waals surface area contributed by atoms with E-state index in [1.807, 2.05) is 6.20 Å². The Balaban J connectivity index is 0.000000111. The van der Waals surface area contributed by atoms with Crippen LogP contribution in [0.5, 0.6) is 0 Å². The largest absolute Gasteiger partial charge is 0.371 e. The van der Waals surface area contributed by atoms with Crippen LogP contribution in [0.3, 0.4) is 0 Å². The van der Waals surface area contributed by atoms with Gasteiger partial charge in [-0.25, -0.2) is 4.99 Å². The minimum atomic E-state index is 1.08. The van der Waals surface area contributed by atoms with Crippen molar-refractivity contribution in [3.8, 4) is 0 Å². The van der Waals surface area contributed by atoms with Gasteiger partial charge in [-0.2, -0.15) is 0 Å². The molecule has 0 aromatic heterocycles. The number of hydrogen-bond donors (Lipinski definition) is 0. The molecule has 0 radical (unpaired) electrons. The van der Waals surface area contributed by atoms with Gasteiger partial charge in [0.2, 0.25) is 0 Å². The molecule has 0 bridgehead atoms. The lowest BCUT2D eigenvalue weighted by molar-refractivity contribution is 0.432. The molecule has 4 rings (SSSR count). The zero-order valence-corrected chi connectivity index (χ0v) is 10.9. The first-order valence-electron chi connectivity index (χ1n) is 7.01. The maximum Gasteiger partial charge on any atom is 0.104 e. The first kappa shape index (κ1) is 11.6. The van der Waals surface area contributed by atoms with Crippen LogP contribution >= 0.6 is 0 Å². The molecule has 0 spiro atoms. The SMILES string of the molecule is C1=CCN2CCCC2=C1.C1=CN=C2CCCN2C1. The van der Waals surface area contributed by atoms with E-state index in [0.29, 0.717) is 0 Å². The van der Waals surface area contributed by atoms with E-state index < -0.39 is 0 Å². The minimum Gasteiger partial charge on any atom is -0.371 e. The fraction of sp³-hybridized carbons (Fsp3) is 0.533. The summed E-state index contributed by atoms with van der Waals surface area (Å²) in [6, 6.07) is 0. The fourth-order valence-corrected chi connectivity index (χ4v) is 2.89. The Morgan fingerprint density at radius 2 is 1.78 bits per heavy atom. The number of aliphatic imine (C=N–C) groups is 1. The Bertz CT molecular complexity index is 377. The van der Waals surface area contributed by atoms with Crippen LogP contribution in [0.2, 0.25) is 0 Å². The second kappa shape index (κ2) is 5.42. The van der Waals surface area contributed by atoms with Crippen molar-refractivity contribution in [1.29, 1.82) is 0 Å². The summed E-state index contributed by atoms with van der Waals surface area (Å²) >= 11 is 0. The van der Waals surface area contributed by atoms with Gasteiger partial charge < -0.3 is 9.80 Å². The van der Waals surface area contributed by atoms with Crippen LogP contribution in [0.15, 0.2) is 41.2 Å². The van der Waals surface area contributed by atoms with Gasteiger partial charge in [-0.15, -0.1) is 0 Å². The van der Waals surface area contributed by atoms with Crippen molar-refractivity contribution in [1.82, 2.24) is 9.80 Å². The Morgan fingerprint density at radius 1 is 0.944 bits per heavy atom. The van der Waals surface area contributed by atoms with Crippen LogP contribution in [0.1, 0.15) is 25.7 Å². The molecule has 0 unspecified atom stereocenters. The van der Waals surface area contributed by atoms with Crippen LogP contribution in [0, 0.1) is 0 Å². The van der Waals surface area contributed by atoms with Gasteiger partial charge in [-0.3, -0.25) is 0 Å². The number of amidine groups is 1. The lowest BCUT2D eigenvalue weighted by atomic mass is 10.2. The summed E-state index contributed by atoms with van der Waals surface area (Å²) in [6.45, 7) is 4.71. The maximum atomic E-state index is 4.25. The van der Waals surface area contributed by atoms with Crippen LogP contribution in [0.25, 0.3) is 0 Å². The Hall–Kier alpha value is -1.51. The quantitative estimate of drug-likeness (QED) is 0.651. The summed E-state index contributed by atoms with van der Waals surface area (Å²) in [5, 5.41) is 0. The zero-order chi connectivity index (χ0) is 12.2. The van der Waals surface area contributed by atoms with Gasteiger partial charge in [0.1, 0.15) is 5.84 Å². The molecule has 18 heavy (non-hydrogen) atoms. The van der Waals surface area contributed by atoms with Gasteiger partial charge in [-0.1, -0.05) is 12.2 Å². The van der Waals surface area contributed by atoms with Gasteiger partial charge in [0.05, 0.1) is 0 Å². The predicted octanol–water partition coefficient (Wildman–Crippen LogP) is 2.54. The minimum absolute atomic E-state index is 1.08. The smallest absolute Gasteiger partial charge is 0.104 e. The van der Waals surface area contributed by atoms with Crippen LogP contribution in [-0.2, 0) is 0 Å². The summed E-state index contributed by atoms with van der Waals surface area (Å²) in [5.41, 5.74) is 1.54. The third-order valence-electron chi connectivity index (χ3n) is 3.87. The molecule has 96 valence electrons. The van der Waals surface area contributed by atoms with E-state index in [1.54, 1.807) is 0 Å². The Kier molecular flexibility index (Phi) is 3.49. The second-order valence-electron chi connectivity index (χ2n) is 5.12. The number of hydrogen-bond acceptors (Lipinski definition) is 3. The monoisotopic (exact) mass is 243 g/mol. The van der Waals surface area contributed by atoms with E-state index in [2.05, 4.69) is 39.1 Å². The molecule has 4 heterocycles. The number of fused-ring (bicyclic) bond motifs is 2. The summed E-state index contributed by atoms with van der Waals surface area (Å²) in [5.74, 6) is 1.29. The second-order valence-corrected chi connectivity index (χ2v) is 5.12. The Morgan fingerprint density at radius 3 is 2.67 bits per heavy atom. The highest BCUT2D eigenvalue weighted by Crippen LogP contribution is 2.22. The van der Waals surface area contributed by atoms with E-state index in [9.17, 15) is 0 Å².